The molecule has 4 nitrogen and oxygen atoms in total. The summed E-state index contributed by atoms with van der Waals surface area (Å²) < 4.78 is 43.3. The van der Waals surface area contributed by atoms with E-state index in [2.05, 4.69) is 4.74 Å². The van der Waals surface area contributed by atoms with E-state index in [-0.39, 0.29) is 6.61 Å². The molecule has 0 bridgehead atoms. The van der Waals surface area contributed by atoms with Crippen LogP contribution in [0.2, 0.25) is 0 Å². The maximum atomic E-state index is 12.9. The Morgan fingerprint density at radius 1 is 1.44 bits per heavy atom. The van der Waals surface area contributed by atoms with Gasteiger partial charge in [0.2, 0.25) is 5.91 Å². The van der Waals surface area contributed by atoms with Gasteiger partial charge in [-0.25, -0.2) is 0 Å². The molecule has 0 radical (unpaired) electrons. The lowest BCUT2D eigenvalue weighted by Crippen LogP contribution is -2.54. The first-order valence-electron chi connectivity index (χ1n) is 5.98. The number of nitrogens with one attached hydrogen (secondary N) is 1. The normalized spacial score (nSPS) is 20.7. The summed E-state index contributed by atoms with van der Waals surface area (Å²) in [6.07, 6.45) is -1.90. The first-order chi connectivity index (χ1) is 8.36. The summed E-state index contributed by atoms with van der Waals surface area (Å²) in [7, 11) is 1.34. The van der Waals surface area contributed by atoms with Crippen LogP contribution in [0, 0.1) is 5.92 Å². The fourth-order valence-electron chi connectivity index (χ4n) is 2.27. The average Bonchev–Trinajstić information content (AvgIpc) is 2.77. The van der Waals surface area contributed by atoms with Crippen LogP contribution >= 0.6 is 0 Å². The van der Waals surface area contributed by atoms with Gasteiger partial charge < -0.3 is 15.8 Å². The fourth-order valence-corrected chi connectivity index (χ4v) is 2.27. The minimum Gasteiger partial charge on any atom is -0.383 e. The number of nitrogens with two attached hydrogens (primary N) is 1. The first kappa shape index (κ1) is 15.2. The SMILES string of the molecule is COCC(N)C(=O)NC(C1CCCC1)C(F)(F)F. The molecule has 1 saturated carbocycles. The van der Waals surface area contributed by atoms with E-state index in [1.165, 1.54) is 7.11 Å². The summed E-state index contributed by atoms with van der Waals surface area (Å²) in [5.41, 5.74) is 5.41. The van der Waals surface area contributed by atoms with Gasteiger partial charge in [-0.15, -0.1) is 0 Å². The molecule has 0 aromatic heterocycles. The number of ether oxygens (including phenoxy) is 1. The molecule has 0 aromatic carbocycles. The lowest BCUT2D eigenvalue weighted by molar-refractivity contribution is -0.172. The number of alkyl halides is 3. The zero-order valence-corrected chi connectivity index (χ0v) is 10.3. The first-order valence-corrected chi connectivity index (χ1v) is 5.98. The van der Waals surface area contributed by atoms with Crippen LogP contribution < -0.4 is 11.1 Å². The lowest BCUT2D eigenvalue weighted by atomic mass is 9.97. The second kappa shape index (κ2) is 6.38. The Bertz CT molecular complexity index is 278. The second-order valence-corrected chi connectivity index (χ2v) is 4.63. The van der Waals surface area contributed by atoms with E-state index >= 15 is 0 Å². The predicted molar refractivity (Wildman–Crippen MR) is 59.8 cm³/mol. The van der Waals surface area contributed by atoms with Gasteiger partial charge in [-0.05, 0) is 18.8 Å². The number of halogens is 3. The molecule has 0 aromatic rings. The molecule has 1 amide bonds. The van der Waals surface area contributed by atoms with Crippen LogP contribution in [0.5, 0.6) is 0 Å². The van der Waals surface area contributed by atoms with Gasteiger partial charge in [-0.3, -0.25) is 4.79 Å². The van der Waals surface area contributed by atoms with Crippen molar-refractivity contribution in [3.63, 3.8) is 0 Å². The van der Waals surface area contributed by atoms with Crippen LogP contribution in [0.25, 0.3) is 0 Å². The van der Waals surface area contributed by atoms with Gasteiger partial charge in [0.1, 0.15) is 12.1 Å². The van der Waals surface area contributed by atoms with Gasteiger partial charge in [0, 0.05) is 7.11 Å². The third-order valence-electron chi connectivity index (χ3n) is 3.20. The summed E-state index contributed by atoms with van der Waals surface area (Å²) in [5.74, 6) is -1.35. The number of carbonyl (C=O) groups is 1. The van der Waals surface area contributed by atoms with Crippen LogP contribution in [0.4, 0.5) is 13.2 Å². The van der Waals surface area contributed by atoms with Crippen molar-refractivity contribution < 1.29 is 22.7 Å². The molecule has 3 N–H and O–H groups in total. The second-order valence-electron chi connectivity index (χ2n) is 4.63. The Kier molecular flexibility index (Phi) is 5.40. The summed E-state index contributed by atoms with van der Waals surface area (Å²) >= 11 is 0. The van der Waals surface area contributed by atoms with E-state index in [0.717, 1.165) is 12.8 Å². The molecule has 106 valence electrons. The molecule has 0 saturated heterocycles. The van der Waals surface area contributed by atoms with Gasteiger partial charge in [-0.1, -0.05) is 12.8 Å². The van der Waals surface area contributed by atoms with Gasteiger partial charge in [-0.2, -0.15) is 13.2 Å². The van der Waals surface area contributed by atoms with Crippen LogP contribution in [0.3, 0.4) is 0 Å². The Balaban J connectivity index is 2.64. The topological polar surface area (TPSA) is 64.3 Å². The summed E-state index contributed by atoms with van der Waals surface area (Å²) in [6, 6.07) is -2.86. The summed E-state index contributed by atoms with van der Waals surface area (Å²) in [6.45, 7) is -0.0962. The minimum atomic E-state index is -4.43. The summed E-state index contributed by atoms with van der Waals surface area (Å²) in [5, 5.41) is 2.01. The third kappa shape index (κ3) is 4.13. The van der Waals surface area contributed by atoms with Gasteiger partial charge in [0.25, 0.3) is 0 Å². The van der Waals surface area contributed by atoms with Gasteiger partial charge >= 0.3 is 6.18 Å². The highest BCUT2D eigenvalue weighted by molar-refractivity contribution is 5.82. The maximum Gasteiger partial charge on any atom is 0.408 e. The Morgan fingerprint density at radius 2 is 2.00 bits per heavy atom. The molecule has 7 heteroatoms. The van der Waals surface area contributed by atoms with E-state index in [4.69, 9.17) is 5.73 Å². The number of methoxy groups -OCH3 is 1. The molecule has 18 heavy (non-hydrogen) atoms. The van der Waals surface area contributed by atoms with Crippen molar-refractivity contribution in [3.8, 4) is 0 Å². The van der Waals surface area contributed by atoms with Crippen molar-refractivity contribution in [2.75, 3.05) is 13.7 Å². The highest BCUT2D eigenvalue weighted by Gasteiger charge is 2.46. The Hall–Kier alpha value is -0.820. The highest BCUT2D eigenvalue weighted by atomic mass is 19.4. The fraction of sp³-hybridized carbons (Fsp3) is 0.909. The highest BCUT2D eigenvalue weighted by Crippen LogP contribution is 2.35. The van der Waals surface area contributed by atoms with Crippen molar-refractivity contribution in [1.82, 2.24) is 5.32 Å². The molecular weight excluding hydrogens is 249 g/mol. The number of hydrogen-bond acceptors (Lipinski definition) is 3. The average molecular weight is 268 g/mol. The number of rotatable bonds is 5. The monoisotopic (exact) mass is 268 g/mol. The molecule has 1 rings (SSSR count). The van der Waals surface area contributed by atoms with Gasteiger partial charge in [0.15, 0.2) is 0 Å². The van der Waals surface area contributed by atoms with Crippen molar-refractivity contribution in [2.45, 2.75) is 43.9 Å². The van der Waals surface area contributed by atoms with Crippen LogP contribution in [0.15, 0.2) is 0 Å². The van der Waals surface area contributed by atoms with Crippen LogP contribution in [-0.2, 0) is 9.53 Å². The van der Waals surface area contributed by atoms with Crippen molar-refractivity contribution in [3.05, 3.63) is 0 Å². The van der Waals surface area contributed by atoms with E-state index in [1.54, 1.807) is 0 Å². The van der Waals surface area contributed by atoms with Crippen molar-refractivity contribution in [1.29, 1.82) is 0 Å². The van der Waals surface area contributed by atoms with Crippen molar-refractivity contribution in [2.24, 2.45) is 11.7 Å². The Labute approximate surface area is 104 Å². The quantitative estimate of drug-likeness (QED) is 0.787. The number of amides is 1. The van der Waals surface area contributed by atoms with E-state index in [1.807, 2.05) is 5.32 Å². The molecule has 0 heterocycles. The number of hydrogen-bond donors (Lipinski definition) is 2. The largest absolute Gasteiger partial charge is 0.408 e. The third-order valence-corrected chi connectivity index (χ3v) is 3.20. The smallest absolute Gasteiger partial charge is 0.383 e. The molecular formula is C11H19F3N2O2. The molecule has 0 aliphatic heterocycles. The number of carbonyl (C=O) groups excluding carboxylic acids is 1. The molecule has 2 atom stereocenters. The van der Waals surface area contributed by atoms with E-state index in [9.17, 15) is 18.0 Å². The zero-order chi connectivity index (χ0) is 13.8. The van der Waals surface area contributed by atoms with Crippen LogP contribution in [-0.4, -0.2) is 37.9 Å². The lowest BCUT2D eigenvalue weighted by Gasteiger charge is -2.28. The standard InChI is InChI=1S/C11H19F3N2O2/c1-18-6-8(15)10(17)16-9(11(12,13)14)7-4-2-3-5-7/h7-9H,2-6,15H2,1H3,(H,16,17). The Morgan fingerprint density at radius 3 is 2.44 bits per heavy atom. The molecule has 1 aliphatic rings. The zero-order valence-electron chi connectivity index (χ0n) is 10.3. The molecule has 2 unspecified atom stereocenters. The molecule has 0 spiro atoms. The molecule has 1 aliphatic carbocycles. The predicted octanol–water partition coefficient (Wildman–Crippen LogP) is 1.20. The van der Waals surface area contributed by atoms with E-state index in [0.29, 0.717) is 12.8 Å². The minimum absolute atomic E-state index is 0.0962. The maximum absolute atomic E-state index is 12.9. The molecule has 1 fully saturated rings. The van der Waals surface area contributed by atoms with Crippen molar-refractivity contribution >= 4 is 5.91 Å². The van der Waals surface area contributed by atoms with E-state index < -0.39 is 30.1 Å². The van der Waals surface area contributed by atoms with Gasteiger partial charge in [0.05, 0.1) is 6.61 Å². The van der Waals surface area contributed by atoms with Crippen LogP contribution in [0.1, 0.15) is 25.7 Å². The summed E-state index contributed by atoms with van der Waals surface area (Å²) in [4.78, 5) is 11.5.